The number of para-hydroxylation sites is 2. The van der Waals surface area contributed by atoms with Crippen LogP contribution < -0.4 is 14.1 Å². The lowest BCUT2D eigenvalue weighted by atomic mass is 10.3. The SMILES string of the molecule is CC(=O)O.CCNP(=O)(Oc1ccccc1)Oc1ccccc1. The van der Waals surface area contributed by atoms with E-state index >= 15 is 0 Å². The number of carboxylic acids is 1. The number of hydrogen-bond acceptors (Lipinski definition) is 4. The van der Waals surface area contributed by atoms with E-state index in [2.05, 4.69) is 5.09 Å². The van der Waals surface area contributed by atoms with Crippen LogP contribution in [0, 0.1) is 0 Å². The predicted octanol–water partition coefficient (Wildman–Crippen LogP) is 3.95. The van der Waals surface area contributed by atoms with Crippen LogP contribution in [0.15, 0.2) is 60.7 Å². The van der Waals surface area contributed by atoms with Crippen LogP contribution in [-0.2, 0) is 9.36 Å². The van der Waals surface area contributed by atoms with Crippen molar-refractivity contribution in [2.45, 2.75) is 13.8 Å². The molecule has 0 radical (unpaired) electrons. The zero-order chi connectivity index (χ0) is 17.1. The smallest absolute Gasteiger partial charge is 0.481 e. The van der Waals surface area contributed by atoms with Gasteiger partial charge >= 0.3 is 7.75 Å². The van der Waals surface area contributed by atoms with Crippen molar-refractivity contribution in [3.8, 4) is 11.5 Å². The molecule has 6 nitrogen and oxygen atoms in total. The van der Waals surface area contributed by atoms with Gasteiger partial charge in [-0.25, -0.2) is 9.65 Å². The Kier molecular flexibility index (Phi) is 7.88. The molecule has 0 atom stereocenters. The zero-order valence-electron chi connectivity index (χ0n) is 13.0. The van der Waals surface area contributed by atoms with Crippen LogP contribution in [0.25, 0.3) is 0 Å². The molecule has 0 aliphatic heterocycles. The summed E-state index contributed by atoms with van der Waals surface area (Å²) in [6.45, 7) is 3.41. The highest BCUT2D eigenvalue weighted by atomic mass is 31.2. The summed E-state index contributed by atoms with van der Waals surface area (Å²) in [6.07, 6.45) is 0. The molecule has 23 heavy (non-hydrogen) atoms. The summed E-state index contributed by atoms with van der Waals surface area (Å²) in [5.41, 5.74) is 0. The fraction of sp³-hybridized carbons (Fsp3) is 0.188. The molecule has 7 heteroatoms. The maximum atomic E-state index is 12.6. The lowest BCUT2D eigenvalue weighted by molar-refractivity contribution is -0.134. The first-order valence-corrected chi connectivity index (χ1v) is 8.53. The summed E-state index contributed by atoms with van der Waals surface area (Å²) >= 11 is 0. The van der Waals surface area contributed by atoms with Crippen LogP contribution in [-0.4, -0.2) is 17.6 Å². The van der Waals surface area contributed by atoms with Crippen molar-refractivity contribution in [3.63, 3.8) is 0 Å². The van der Waals surface area contributed by atoms with Crippen molar-refractivity contribution in [3.05, 3.63) is 60.7 Å². The van der Waals surface area contributed by atoms with Gasteiger partial charge in [-0.05, 0) is 24.3 Å². The largest absolute Gasteiger partial charge is 0.512 e. The third-order valence-electron chi connectivity index (χ3n) is 2.29. The number of nitrogens with one attached hydrogen (secondary N) is 1. The minimum Gasteiger partial charge on any atom is -0.481 e. The van der Waals surface area contributed by atoms with Gasteiger partial charge in [0.2, 0.25) is 0 Å². The Morgan fingerprint density at radius 1 is 1.00 bits per heavy atom. The Hall–Kier alpha value is -2.30. The third-order valence-corrected chi connectivity index (χ3v) is 3.90. The van der Waals surface area contributed by atoms with Crippen LogP contribution in [0.5, 0.6) is 11.5 Å². The lowest BCUT2D eigenvalue weighted by Crippen LogP contribution is -2.18. The van der Waals surface area contributed by atoms with Gasteiger partial charge in [0, 0.05) is 13.5 Å². The van der Waals surface area contributed by atoms with Crippen molar-refractivity contribution in [1.29, 1.82) is 0 Å². The zero-order valence-corrected chi connectivity index (χ0v) is 13.9. The summed E-state index contributed by atoms with van der Waals surface area (Å²) in [4.78, 5) is 9.00. The van der Waals surface area contributed by atoms with E-state index in [1.807, 2.05) is 43.3 Å². The highest BCUT2D eigenvalue weighted by molar-refractivity contribution is 7.52. The lowest BCUT2D eigenvalue weighted by Gasteiger charge is -2.19. The average molecular weight is 337 g/mol. The highest BCUT2D eigenvalue weighted by Crippen LogP contribution is 2.44. The van der Waals surface area contributed by atoms with E-state index in [-0.39, 0.29) is 0 Å². The number of aliphatic carboxylic acids is 1. The molecule has 0 spiro atoms. The number of rotatable bonds is 6. The summed E-state index contributed by atoms with van der Waals surface area (Å²) in [5.74, 6) is 0.172. The molecule has 2 N–H and O–H groups in total. The fourth-order valence-electron chi connectivity index (χ4n) is 1.52. The van der Waals surface area contributed by atoms with Gasteiger partial charge in [0.15, 0.2) is 0 Å². The second kappa shape index (κ2) is 9.66. The second-order valence-corrected chi connectivity index (χ2v) is 6.01. The molecule has 0 aliphatic rings. The van der Waals surface area contributed by atoms with Gasteiger partial charge < -0.3 is 14.2 Å². The van der Waals surface area contributed by atoms with Crippen molar-refractivity contribution in [2.75, 3.05) is 6.54 Å². The van der Waals surface area contributed by atoms with E-state index in [9.17, 15) is 4.57 Å². The van der Waals surface area contributed by atoms with E-state index in [1.54, 1.807) is 24.3 Å². The summed E-state index contributed by atoms with van der Waals surface area (Å²) in [5, 5.41) is 10.2. The molecule has 0 aromatic heterocycles. The number of hydrogen-bond donors (Lipinski definition) is 2. The molecule has 0 amide bonds. The summed E-state index contributed by atoms with van der Waals surface area (Å²) < 4.78 is 23.5. The number of carboxylic acid groups (broad SMARTS) is 1. The monoisotopic (exact) mass is 337 g/mol. The first kappa shape index (κ1) is 18.7. The molecule has 0 heterocycles. The second-order valence-electron chi connectivity index (χ2n) is 4.34. The van der Waals surface area contributed by atoms with E-state index < -0.39 is 13.7 Å². The highest BCUT2D eigenvalue weighted by Gasteiger charge is 2.27. The van der Waals surface area contributed by atoms with Crippen molar-refractivity contribution in [1.82, 2.24) is 5.09 Å². The Bertz CT molecular complexity index is 584. The van der Waals surface area contributed by atoms with Crippen LogP contribution in [0.2, 0.25) is 0 Å². The molecule has 0 bridgehead atoms. The van der Waals surface area contributed by atoms with Gasteiger partial charge in [0.05, 0.1) is 0 Å². The molecule has 0 fully saturated rings. The van der Waals surface area contributed by atoms with Gasteiger partial charge in [-0.2, -0.15) is 0 Å². The van der Waals surface area contributed by atoms with E-state index in [0.717, 1.165) is 6.92 Å². The molecular weight excluding hydrogens is 317 g/mol. The van der Waals surface area contributed by atoms with Crippen LogP contribution >= 0.6 is 7.75 Å². The first-order chi connectivity index (χ1) is 10.9. The topological polar surface area (TPSA) is 84.9 Å². The Labute approximate surface area is 135 Å². The van der Waals surface area contributed by atoms with E-state index in [1.165, 1.54) is 0 Å². The molecule has 0 saturated carbocycles. The van der Waals surface area contributed by atoms with Crippen LogP contribution in [0.3, 0.4) is 0 Å². The van der Waals surface area contributed by atoms with E-state index in [4.69, 9.17) is 18.9 Å². The molecule has 0 saturated heterocycles. The third kappa shape index (κ3) is 8.04. The van der Waals surface area contributed by atoms with Gasteiger partial charge in [0.25, 0.3) is 5.97 Å². The van der Waals surface area contributed by atoms with Crippen LogP contribution in [0.4, 0.5) is 0 Å². The van der Waals surface area contributed by atoms with Crippen LogP contribution in [0.1, 0.15) is 13.8 Å². The minimum absolute atomic E-state index is 0.483. The molecule has 2 rings (SSSR count). The quantitative estimate of drug-likeness (QED) is 0.776. The molecule has 124 valence electrons. The van der Waals surface area contributed by atoms with Gasteiger partial charge in [-0.1, -0.05) is 43.3 Å². The van der Waals surface area contributed by atoms with Gasteiger partial charge in [-0.15, -0.1) is 0 Å². The molecule has 0 unspecified atom stereocenters. The summed E-state index contributed by atoms with van der Waals surface area (Å²) in [7, 11) is -3.41. The number of benzene rings is 2. The Morgan fingerprint density at radius 3 is 1.65 bits per heavy atom. The van der Waals surface area contributed by atoms with Crippen molar-refractivity contribution in [2.24, 2.45) is 0 Å². The number of carbonyl (C=O) groups is 1. The van der Waals surface area contributed by atoms with Crippen molar-refractivity contribution < 1.29 is 23.5 Å². The predicted molar refractivity (Wildman–Crippen MR) is 88.7 cm³/mol. The Balaban J connectivity index is 0.000000593. The molecular formula is C16H20NO5P. The Morgan fingerprint density at radius 2 is 1.35 bits per heavy atom. The minimum atomic E-state index is -3.41. The first-order valence-electron chi connectivity index (χ1n) is 6.99. The maximum Gasteiger partial charge on any atom is 0.512 e. The maximum absolute atomic E-state index is 12.6. The van der Waals surface area contributed by atoms with Gasteiger partial charge in [-0.3, -0.25) is 4.79 Å². The fourth-order valence-corrected chi connectivity index (χ4v) is 2.87. The summed E-state index contributed by atoms with van der Waals surface area (Å²) in [6, 6.07) is 17.9. The standard InChI is InChI=1S/C14H16NO3P.C2H4O2/c1-2-15-19(16,17-13-9-5-3-6-10-13)18-14-11-7-4-8-12-14;1-2(3)4/h3-12H,2H2,1H3,(H,15,16);1H3,(H,3,4). The van der Waals surface area contributed by atoms with Gasteiger partial charge in [0.1, 0.15) is 11.5 Å². The normalized spacial score (nSPS) is 10.2. The van der Waals surface area contributed by atoms with Crippen molar-refractivity contribution >= 4 is 13.7 Å². The molecule has 0 aliphatic carbocycles. The average Bonchev–Trinajstić information content (AvgIpc) is 2.48. The molecule has 2 aromatic rings. The molecule has 2 aromatic carbocycles. The van der Waals surface area contributed by atoms with E-state index in [0.29, 0.717) is 18.0 Å².